The third kappa shape index (κ3) is 4.69. The van der Waals surface area contributed by atoms with E-state index in [9.17, 15) is 23.1 Å². The minimum Gasteiger partial charge on any atom is -0.323 e. The average Bonchev–Trinajstić information content (AvgIpc) is 2.50. The Balaban J connectivity index is 2.17. The van der Waals surface area contributed by atoms with E-state index in [0.717, 1.165) is 17.7 Å². The number of rotatable bonds is 6. The van der Waals surface area contributed by atoms with Gasteiger partial charge in [-0.15, -0.1) is 0 Å². The number of nitrogens with one attached hydrogen (secondary N) is 1. The summed E-state index contributed by atoms with van der Waals surface area (Å²) in [6.45, 7) is 2.18. The second kappa shape index (κ2) is 7.32. The molecular weight excluding hydrogens is 323 g/mol. The monoisotopic (exact) mass is 341 g/mol. The molecule has 124 valence electrons. The van der Waals surface area contributed by atoms with Crippen molar-refractivity contribution in [3.8, 4) is 0 Å². The maximum absolute atomic E-state index is 13.3. The van der Waals surface area contributed by atoms with Crippen LogP contribution in [0.1, 0.15) is 29.8 Å². The molecule has 0 spiro atoms. The Hall–Kier alpha value is -1.59. The van der Waals surface area contributed by atoms with Gasteiger partial charge in [-0.05, 0) is 29.2 Å². The third-order valence-electron chi connectivity index (χ3n) is 3.58. The van der Waals surface area contributed by atoms with E-state index in [1.54, 1.807) is 0 Å². The molecule has 0 aliphatic rings. The van der Waals surface area contributed by atoms with Crippen LogP contribution in [0, 0.1) is 11.6 Å². The smallest absolute Gasteiger partial charge is 0.323 e. The molecule has 7 heteroatoms. The second-order valence-electron chi connectivity index (χ2n) is 5.39. The number of halogens is 2. The van der Waals surface area contributed by atoms with E-state index in [1.807, 2.05) is 37.3 Å². The first-order valence-corrected chi connectivity index (χ1v) is 8.75. The SMILES string of the molecule is C[C@@H](CN[C@H](c1ccc(F)c(F)c1)P(=O)(O)O)c1ccccc1. The molecule has 0 bridgehead atoms. The van der Waals surface area contributed by atoms with Gasteiger partial charge in [0.15, 0.2) is 11.6 Å². The van der Waals surface area contributed by atoms with E-state index < -0.39 is 25.0 Å². The average molecular weight is 341 g/mol. The lowest BCUT2D eigenvalue weighted by Gasteiger charge is -2.23. The molecule has 0 radical (unpaired) electrons. The summed E-state index contributed by atoms with van der Waals surface area (Å²) in [4.78, 5) is 19.0. The zero-order valence-corrected chi connectivity index (χ0v) is 13.4. The maximum atomic E-state index is 13.3. The maximum Gasteiger partial charge on any atom is 0.346 e. The van der Waals surface area contributed by atoms with E-state index in [2.05, 4.69) is 5.32 Å². The lowest BCUT2D eigenvalue weighted by molar-refractivity contribution is 0.346. The molecule has 0 saturated carbocycles. The van der Waals surface area contributed by atoms with E-state index in [0.29, 0.717) is 0 Å². The second-order valence-corrected chi connectivity index (χ2v) is 7.08. The van der Waals surface area contributed by atoms with Gasteiger partial charge >= 0.3 is 7.60 Å². The van der Waals surface area contributed by atoms with E-state index in [-0.39, 0.29) is 18.0 Å². The highest BCUT2D eigenvalue weighted by Gasteiger charge is 2.31. The predicted molar refractivity (Wildman–Crippen MR) is 84.0 cm³/mol. The summed E-state index contributed by atoms with van der Waals surface area (Å²) in [6, 6.07) is 12.3. The minimum atomic E-state index is -4.58. The quantitative estimate of drug-likeness (QED) is 0.703. The molecule has 0 saturated heterocycles. The third-order valence-corrected chi connectivity index (χ3v) is 4.74. The van der Waals surface area contributed by atoms with Crippen LogP contribution in [0.4, 0.5) is 8.78 Å². The molecule has 0 aliphatic carbocycles. The van der Waals surface area contributed by atoms with Gasteiger partial charge in [-0.1, -0.05) is 43.3 Å². The number of benzene rings is 2. The fourth-order valence-electron chi connectivity index (χ4n) is 2.30. The molecule has 4 nitrogen and oxygen atoms in total. The van der Waals surface area contributed by atoms with Gasteiger partial charge in [-0.3, -0.25) is 9.88 Å². The molecule has 23 heavy (non-hydrogen) atoms. The van der Waals surface area contributed by atoms with Gasteiger partial charge < -0.3 is 9.79 Å². The van der Waals surface area contributed by atoms with Gasteiger partial charge in [-0.25, -0.2) is 8.78 Å². The van der Waals surface area contributed by atoms with Crippen LogP contribution in [0.5, 0.6) is 0 Å². The topological polar surface area (TPSA) is 69.6 Å². The summed E-state index contributed by atoms with van der Waals surface area (Å²) in [5.74, 6) is -3.59. The Morgan fingerprint density at radius 1 is 1.04 bits per heavy atom. The number of hydrogen-bond acceptors (Lipinski definition) is 2. The zero-order valence-electron chi connectivity index (χ0n) is 12.5. The van der Waals surface area contributed by atoms with Crippen molar-refractivity contribution in [3.63, 3.8) is 0 Å². The first kappa shape index (κ1) is 17.8. The predicted octanol–water partition coefficient (Wildman–Crippen LogP) is 3.53. The van der Waals surface area contributed by atoms with Crippen LogP contribution < -0.4 is 5.32 Å². The molecule has 0 heterocycles. The van der Waals surface area contributed by atoms with Gasteiger partial charge in [0.2, 0.25) is 0 Å². The molecule has 0 aliphatic heterocycles. The fourth-order valence-corrected chi connectivity index (χ4v) is 3.19. The summed E-state index contributed by atoms with van der Waals surface area (Å²) in [6.07, 6.45) is 0. The van der Waals surface area contributed by atoms with Crippen molar-refractivity contribution in [2.45, 2.75) is 18.6 Å². The Kier molecular flexibility index (Phi) is 5.65. The van der Waals surface area contributed by atoms with Crippen LogP contribution in [-0.2, 0) is 4.57 Å². The molecule has 0 fully saturated rings. The molecule has 0 unspecified atom stereocenters. The van der Waals surface area contributed by atoms with Gasteiger partial charge in [0.1, 0.15) is 5.78 Å². The lowest BCUT2D eigenvalue weighted by Crippen LogP contribution is -2.26. The van der Waals surface area contributed by atoms with Gasteiger partial charge in [0.25, 0.3) is 0 Å². The van der Waals surface area contributed by atoms with Crippen molar-refractivity contribution < 1.29 is 23.1 Å². The molecule has 2 aromatic rings. The summed E-state index contributed by atoms with van der Waals surface area (Å²) in [7, 11) is -4.58. The van der Waals surface area contributed by atoms with Crippen LogP contribution in [0.15, 0.2) is 48.5 Å². The van der Waals surface area contributed by atoms with E-state index in [4.69, 9.17) is 0 Å². The minimum absolute atomic E-state index is 0.00412. The Labute approximate surface area is 133 Å². The summed E-state index contributed by atoms with van der Waals surface area (Å²) in [5.41, 5.74) is 1.02. The molecule has 0 amide bonds. The van der Waals surface area contributed by atoms with Crippen molar-refractivity contribution in [1.29, 1.82) is 0 Å². The number of hydrogen-bond donors (Lipinski definition) is 3. The van der Waals surface area contributed by atoms with Crippen LogP contribution in [0.25, 0.3) is 0 Å². The van der Waals surface area contributed by atoms with Gasteiger partial charge in [-0.2, -0.15) is 0 Å². The molecule has 2 atom stereocenters. The van der Waals surface area contributed by atoms with Crippen molar-refractivity contribution in [1.82, 2.24) is 5.32 Å². The highest BCUT2D eigenvalue weighted by atomic mass is 31.2. The summed E-state index contributed by atoms with van der Waals surface area (Å²) < 4.78 is 38.0. The normalized spacial score (nSPS) is 14.5. The highest BCUT2D eigenvalue weighted by molar-refractivity contribution is 7.52. The van der Waals surface area contributed by atoms with Crippen LogP contribution >= 0.6 is 7.60 Å². The molecule has 2 aromatic carbocycles. The molecule has 3 N–H and O–H groups in total. The molecular formula is C16H18F2NO3P. The van der Waals surface area contributed by atoms with Crippen molar-refractivity contribution in [2.75, 3.05) is 6.54 Å². The standard InChI is InChI=1S/C16H18F2NO3P/c1-11(12-5-3-2-4-6-12)10-19-16(23(20,21)22)13-7-8-14(17)15(18)9-13/h2-9,11,16,19H,10H2,1H3,(H2,20,21,22)/t11-,16-/m0/s1. The van der Waals surface area contributed by atoms with Crippen LogP contribution in [0.2, 0.25) is 0 Å². The lowest BCUT2D eigenvalue weighted by atomic mass is 10.0. The van der Waals surface area contributed by atoms with E-state index >= 15 is 0 Å². The first-order chi connectivity index (χ1) is 10.8. The first-order valence-electron chi connectivity index (χ1n) is 7.07. The fraction of sp³-hybridized carbons (Fsp3) is 0.250. The largest absolute Gasteiger partial charge is 0.346 e. The summed E-state index contributed by atoms with van der Waals surface area (Å²) >= 11 is 0. The van der Waals surface area contributed by atoms with Gasteiger partial charge in [0.05, 0.1) is 0 Å². The van der Waals surface area contributed by atoms with Crippen molar-refractivity contribution >= 4 is 7.60 Å². The van der Waals surface area contributed by atoms with Crippen LogP contribution in [0.3, 0.4) is 0 Å². The van der Waals surface area contributed by atoms with Crippen molar-refractivity contribution in [3.05, 3.63) is 71.3 Å². The van der Waals surface area contributed by atoms with Crippen LogP contribution in [-0.4, -0.2) is 16.3 Å². The molecule has 2 rings (SSSR count). The summed E-state index contributed by atoms with van der Waals surface area (Å²) in [5, 5.41) is 2.77. The Morgan fingerprint density at radius 2 is 1.70 bits per heavy atom. The van der Waals surface area contributed by atoms with E-state index in [1.165, 1.54) is 6.07 Å². The Bertz CT molecular complexity index is 706. The van der Waals surface area contributed by atoms with Gasteiger partial charge in [0, 0.05) is 6.54 Å². The van der Waals surface area contributed by atoms with Crippen molar-refractivity contribution in [2.24, 2.45) is 0 Å². The zero-order chi connectivity index (χ0) is 17.0. The molecule has 0 aromatic heterocycles. The highest BCUT2D eigenvalue weighted by Crippen LogP contribution is 2.50. The Morgan fingerprint density at radius 3 is 2.26 bits per heavy atom.